The summed E-state index contributed by atoms with van der Waals surface area (Å²) in [6.45, 7) is 0. The summed E-state index contributed by atoms with van der Waals surface area (Å²) in [5, 5.41) is 8.83. The van der Waals surface area contributed by atoms with Gasteiger partial charge in [-0.2, -0.15) is 5.26 Å². The summed E-state index contributed by atoms with van der Waals surface area (Å²) in [5.41, 5.74) is 0. The fourth-order valence-electron chi connectivity index (χ4n) is 1.88. The maximum absolute atomic E-state index is 11.3. The Morgan fingerprint density at radius 1 is 1.54 bits per heavy atom. The highest BCUT2D eigenvalue weighted by Gasteiger charge is 2.50. The standard InChI is InChI=1S/C9H9NO3/c1-12-9(11)8-5(4-10)6-2-3-7(8)13-6/h2-3,5-8H,1H3. The number of nitrogens with zero attached hydrogens (tertiary/aromatic N) is 1. The lowest BCUT2D eigenvalue weighted by Gasteiger charge is -2.16. The molecule has 4 nitrogen and oxygen atoms in total. The highest BCUT2D eigenvalue weighted by molar-refractivity contribution is 5.75. The van der Waals surface area contributed by atoms with Gasteiger partial charge in [0.2, 0.25) is 0 Å². The Morgan fingerprint density at radius 3 is 2.85 bits per heavy atom. The number of fused-ring (bicyclic) bond motifs is 2. The van der Waals surface area contributed by atoms with Crippen LogP contribution in [0.25, 0.3) is 0 Å². The molecular formula is C9H9NO3. The van der Waals surface area contributed by atoms with Gasteiger partial charge in [0, 0.05) is 0 Å². The van der Waals surface area contributed by atoms with E-state index in [9.17, 15) is 4.79 Å². The smallest absolute Gasteiger partial charge is 0.313 e. The average molecular weight is 179 g/mol. The lowest BCUT2D eigenvalue weighted by Crippen LogP contribution is -2.31. The molecule has 13 heavy (non-hydrogen) atoms. The van der Waals surface area contributed by atoms with Crippen molar-refractivity contribution in [2.45, 2.75) is 12.2 Å². The molecule has 0 aromatic rings. The summed E-state index contributed by atoms with van der Waals surface area (Å²) >= 11 is 0. The number of hydrogen-bond donors (Lipinski definition) is 0. The lowest BCUT2D eigenvalue weighted by atomic mass is 9.84. The van der Waals surface area contributed by atoms with Crippen LogP contribution in [0.15, 0.2) is 12.2 Å². The maximum Gasteiger partial charge on any atom is 0.313 e. The summed E-state index contributed by atoms with van der Waals surface area (Å²) in [5.74, 6) is -1.18. The van der Waals surface area contributed by atoms with Crippen molar-refractivity contribution in [3.63, 3.8) is 0 Å². The molecule has 1 fully saturated rings. The van der Waals surface area contributed by atoms with E-state index in [1.165, 1.54) is 7.11 Å². The predicted octanol–water partition coefficient (Wildman–Crippen LogP) is 0.253. The molecule has 2 bridgehead atoms. The monoisotopic (exact) mass is 179 g/mol. The van der Waals surface area contributed by atoms with Gasteiger partial charge in [-0.25, -0.2) is 0 Å². The summed E-state index contributed by atoms with van der Waals surface area (Å²) in [4.78, 5) is 11.3. The van der Waals surface area contributed by atoms with Crippen LogP contribution >= 0.6 is 0 Å². The van der Waals surface area contributed by atoms with E-state index in [1.54, 1.807) is 0 Å². The minimum atomic E-state index is -0.440. The van der Waals surface area contributed by atoms with Gasteiger partial charge >= 0.3 is 5.97 Å². The zero-order valence-corrected chi connectivity index (χ0v) is 7.14. The fraction of sp³-hybridized carbons (Fsp3) is 0.556. The van der Waals surface area contributed by atoms with Crippen LogP contribution in [0.1, 0.15) is 0 Å². The molecule has 2 aliphatic heterocycles. The molecule has 0 aromatic heterocycles. The highest BCUT2D eigenvalue weighted by Crippen LogP contribution is 2.39. The molecule has 68 valence electrons. The summed E-state index contributed by atoms with van der Waals surface area (Å²) in [7, 11) is 1.33. The predicted molar refractivity (Wildman–Crippen MR) is 42.4 cm³/mol. The Labute approximate surface area is 75.7 Å². The van der Waals surface area contributed by atoms with Crippen LogP contribution in [0.4, 0.5) is 0 Å². The van der Waals surface area contributed by atoms with Gasteiger partial charge in [-0.15, -0.1) is 0 Å². The lowest BCUT2D eigenvalue weighted by molar-refractivity contribution is -0.147. The summed E-state index contributed by atoms with van der Waals surface area (Å²) < 4.78 is 9.99. The number of rotatable bonds is 1. The van der Waals surface area contributed by atoms with Crippen LogP contribution in [0.2, 0.25) is 0 Å². The van der Waals surface area contributed by atoms with E-state index in [4.69, 9.17) is 10.00 Å². The van der Waals surface area contributed by atoms with E-state index in [0.29, 0.717) is 0 Å². The van der Waals surface area contributed by atoms with Crippen molar-refractivity contribution in [2.24, 2.45) is 11.8 Å². The second-order valence-corrected chi connectivity index (χ2v) is 3.15. The second kappa shape index (κ2) is 2.86. The minimum Gasteiger partial charge on any atom is -0.469 e. The number of nitriles is 1. The maximum atomic E-state index is 11.3. The first-order valence-electron chi connectivity index (χ1n) is 4.09. The molecule has 0 N–H and O–H groups in total. The molecule has 2 aliphatic rings. The van der Waals surface area contributed by atoms with Gasteiger partial charge in [0.15, 0.2) is 0 Å². The Kier molecular flexibility index (Phi) is 1.82. The Bertz CT molecular complexity index is 304. The van der Waals surface area contributed by atoms with Crippen molar-refractivity contribution in [3.8, 4) is 6.07 Å². The van der Waals surface area contributed by atoms with E-state index >= 15 is 0 Å². The molecule has 0 aromatic carbocycles. The van der Waals surface area contributed by atoms with Crippen molar-refractivity contribution in [3.05, 3.63) is 12.2 Å². The second-order valence-electron chi connectivity index (χ2n) is 3.15. The van der Waals surface area contributed by atoms with Gasteiger partial charge in [-0.3, -0.25) is 4.79 Å². The normalized spacial score (nSPS) is 40.3. The molecule has 0 aliphatic carbocycles. The Hall–Kier alpha value is -1.34. The van der Waals surface area contributed by atoms with Crippen molar-refractivity contribution in [1.29, 1.82) is 5.26 Å². The molecule has 4 heteroatoms. The molecule has 4 unspecified atom stereocenters. The van der Waals surface area contributed by atoms with Gasteiger partial charge in [0.1, 0.15) is 5.92 Å². The Balaban J connectivity index is 2.24. The third kappa shape index (κ3) is 1.04. The first kappa shape index (κ1) is 8.27. The van der Waals surface area contributed by atoms with E-state index in [1.807, 2.05) is 12.2 Å². The molecule has 2 heterocycles. The molecule has 1 saturated heterocycles. The van der Waals surface area contributed by atoms with E-state index in [-0.39, 0.29) is 24.1 Å². The van der Waals surface area contributed by atoms with Gasteiger partial charge < -0.3 is 9.47 Å². The summed E-state index contributed by atoms with van der Waals surface area (Å²) in [6.07, 6.45) is 3.17. The third-order valence-electron chi connectivity index (χ3n) is 2.52. The van der Waals surface area contributed by atoms with Crippen LogP contribution in [-0.4, -0.2) is 25.3 Å². The number of carbonyl (C=O) groups is 1. The summed E-state index contributed by atoms with van der Waals surface area (Å²) in [6, 6.07) is 2.08. The molecule has 0 spiro atoms. The largest absolute Gasteiger partial charge is 0.469 e. The first-order chi connectivity index (χ1) is 6.27. The van der Waals surface area contributed by atoms with Gasteiger partial charge in [0.05, 0.1) is 31.3 Å². The minimum absolute atomic E-state index is 0.223. The number of methoxy groups -OCH3 is 1. The van der Waals surface area contributed by atoms with Crippen molar-refractivity contribution >= 4 is 5.97 Å². The van der Waals surface area contributed by atoms with Crippen LogP contribution in [0.5, 0.6) is 0 Å². The van der Waals surface area contributed by atoms with Crippen molar-refractivity contribution < 1.29 is 14.3 Å². The molecule has 0 amide bonds. The number of ether oxygens (including phenoxy) is 2. The number of esters is 1. The zero-order chi connectivity index (χ0) is 9.42. The zero-order valence-electron chi connectivity index (χ0n) is 7.14. The van der Waals surface area contributed by atoms with Gasteiger partial charge in [-0.1, -0.05) is 12.2 Å². The van der Waals surface area contributed by atoms with E-state index in [0.717, 1.165) is 0 Å². The quantitative estimate of drug-likeness (QED) is 0.427. The number of carbonyl (C=O) groups excluding carboxylic acids is 1. The topological polar surface area (TPSA) is 59.3 Å². The molecule has 2 rings (SSSR count). The molecule has 0 saturated carbocycles. The van der Waals surface area contributed by atoms with Gasteiger partial charge in [0.25, 0.3) is 0 Å². The highest BCUT2D eigenvalue weighted by atomic mass is 16.5. The van der Waals surface area contributed by atoms with E-state index in [2.05, 4.69) is 10.8 Å². The van der Waals surface area contributed by atoms with Gasteiger partial charge in [-0.05, 0) is 0 Å². The Morgan fingerprint density at radius 2 is 2.23 bits per heavy atom. The SMILES string of the molecule is COC(=O)C1C2C=CC(O2)C1C#N. The third-order valence-corrected chi connectivity index (χ3v) is 2.52. The van der Waals surface area contributed by atoms with Crippen LogP contribution in [-0.2, 0) is 14.3 Å². The molecular weight excluding hydrogens is 170 g/mol. The molecule has 0 radical (unpaired) electrons. The van der Waals surface area contributed by atoms with Crippen LogP contribution in [0.3, 0.4) is 0 Å². The fourth-order valence-corrected chi connectivity index (χ4v) is 1.88. The van der Waals surface area contributed by atoms with Crippen molar-refractivity contribution in [1.82, 2.24) is 0 Å². The number of hydrogen-bond acceptors (Lipinski definition) is 4. The first-order valence-corrected chi connectivity index (χ1v) is 4.09. The average Bonchev–Trinajstić information content (AvgIpc) is 2.74. The molecule has 4 atom stereocenters. The van der Waals surface area contributed by atoms with Crippen molar-refractivity contribution in [2.75, 3.05) is 7.11 Å². The van der Waals surface area contributed by atoms with Crippen LogP contribution < -0.4 is 0 Å². The van der Waals surface area contributed by atoms with Crippen LogP contribution in [0, 0.1) is 23.2 Å². The van der Waals surface area contributed by atoms with E-state index < -0.39 is 5.92 Å².